The van der Waals surface area contributed by atoms with Crippen LogP contribution in [0.5, 0.6) is 0 Å². The summed E-state index contributed by atoms with van der Waals surface area (Å²) < 4.78 is 5.31. The van der Waals surface area contributed by atoms with Gasteiger partial charge in [0.05, 0.1) is 0 Å². The lowest BCUT2D eigenvalue weighted by Crippen LogP contribution is -2.41. The van der Waals surface area contributed by atoms with Crippen LogP contribution in [0.1, 0.15) is 60.3 Å². The van der Waals surface area contributed by atoms with Gasteiger partial charge in [0.2, 0.25) is 0 Å². The summed E-state index contributed by atoms with van der Waals surface area (Å²) in [6.07, 6.45) is 4.14. The molecule has 2 atom stereocenters. The van der Waals surface area contributed by atoms with Gasteiger partial charge in [-0.1, -0.05) is 13.8 Å². The molecule has 0 aromatic rings. The van der Waals surface area contributed by atoms with Gasteiger partial charge < -0.3 is 15.8 Å². The van der Waals surface area contributed by atoms with E-state index in [4.69, 9.17) is 10.5 Å². The number of alkyl carbamates (subject to hydrolysis) is 1. The lowest BCUT2D eigenvalue weighted by Gasteiger charge is -2.30. The van der Waals surface area contributed by atoms with Crippen molar-refractivity contribution in [3.63, 3.8) is 0 Å². The smallest absolute Gasteiger partial charge is 0.407 e. The van der Waals surface area contributed by atoms with Gasteiger partial charge in [-0.3, -0.25) is 0 Å². The molecule has 20 heavy (non-hydrogen) atoms. The monoisotopic (exact) mass is 282 g/mol. The van der Waals surface area contributed by atoms with Gasteiger partial charge in [0.1, 0.15) is 5.60 Å². The van der Waals surface area contributed by atoms with E-state index in [0.29, 0.717) is 17.4 Å². The van der Waals surface area contributed by atoms with Gasteiger partial charge >= 0.3 is 6.09 Å². The highest BCUT2D eigenvalue weighted by molar-refractivity contribution is 5.68. The van der Waals surface area contributed by atoms with E-state index in [1.807, 2.05) is 20.8 Å². The Bertz CT molecular complexity index is 365. The summed E-state index contributed by atoms with van der Waals surface area (Å²) in [4.78, 5) is 11.8. The SMILES string of the molecule is CC(C)(C)OC(=O)NC1CCC(C2C(N)C2(C)C)CC1. The Morgan fingerprint density at radius 2 is 1.70 bits per heavy atom. The minimum atomic E-state index is -0.425. The molecule has 0 bridgehead atoms. The van der Waals surface area contributed by atoms with Crippen molar-refractivity contribution in [1.29, 1.82) is 0 Å². The molecule has 2 saturated carbocycles. The second kappa shape index (κ2) is 5.21. The van der Waals surface area contributed by atoms with Crippen molar-refractivity contribution in [3.05, 3.63) is 0 Å². The van der Waals surface area contributed by atoms with E-state index in [-0.39, 0.29) is 12.1 Å². The van der Waals surface area contributed by atoms with E-state index in [1.54, 1.807) is 0 Å². The van der Waals surface area contributed by atoms with Crippen LogP contribution < -0.4 is 11.1 Å². The summed E-state index contributed by atoms with van der Waals surface area (Å²) in [7, 11) is 0. The first kappa shape index (κ1) is 15.6. The van der Waals surface area contributed by atoms with Gasteiger partial charge in [0.25, 0.3) is 0 Å². The van der Waals surface area contributed by atoms with Gasteiger partial charge in [-0.25, -0.2) is 4.79 Å². The third kappa shape index (κ3) is 3.46. The average molecular weight is 282 g/mol. The molecule has 2 aliphatic carbocycles. The van der Waals surface area contributed by atoms with Crippen LogP contribution in [-0.2, 0) is 4.74 Å². The maximum absolute atomic E-state index is 11.8. The highest BCUT2D eigenvalue weighted by atomic mass is 16.6. The zero-order chi connectivity index (χ0) is 15.1. The minimum absolute atomic E-state index is 0.263. The molecule has 0 aromatic heterocycles. The summed E-state index contributed by atoms with van der Waals surface area (Å²) in [5.41, 5.74) is 6.06. The molecule has 2 aliphatic rings. The average Bonchev–Trinajstić information content (AvgIpc) is 2.77. The molecule has 2 unspecified atom stereocenters. The third-order valence-electron chi connectivity index (χ3n) is 5.00. The maximum atomic E-state index is 11.8. The molecule has 0 heterocycles. The summed E-state index contributed by atoms with van der Waals surface area (Å²) in [5, 5.41) is 2.99. The predicted octanol–water partition coefficient (Wildman–Crippen LogP) is 3.05. The zero-order valence-corrected chi connectivity index (χ0v) is 13.5. The van der Waals surface area contributed by atoms with Crippen LogP contribution in [-0.4, -0.2) is 23.8 Å². The van der Waals surface area contributed by atoms with Gasteiger partial charge in [0.15, 0.2) is 0 Å². The number of nitrogens with two attached hydrogens (primary N) is 1. The standard InChI is InChI=1S/C16H30N2O2/c1-15(2,3)20-14(19)18-11-8-6-10(7-9-11)12-13(17)16(12,4)5/h10-13H,6-9,17H2,1-5H3,(H,18,19). The molecular weight excluding hydrogens is 252 g/mol. The molecule has 4 heteroatoms. The molecule has 0 aliphatic heterocycles. The van der Waals surface area contributed by atoms with E-state index in [2.05, 4.69) is 19.2 Å². The fourth-order valence-corrected chi connectivity index (χ4v) is 3.72. The largest absolute Gasteiger partial charge is 0.444 e. The zero-order valence-electron chi connectivity index (χ0n) is 13.5. The Kier molecular flexibility index (Phi) is 4.07. The van der Waals surface area contributed by atoms with Crippen molar-refractivity contribution in [1.82, 2.24) is 5.32 Å². The number of ether oxygens (including phenoxy) is 1. The van der Waals surface area contributed by atoms with Gasteiger partial charge in [-0.05, 0) is 63.7 Å². The Hall–Kier alpha value is -0.770. The molecule has 3 N–H and O–H groups in total. The fourth-order valence-electron chi connectivity index (χ4n) is 3.72. The van der Waals surface area contributed by atoms with Crippen molar-refractivity contribution < 1.29 is 9.53 Å². The highest BCUT2D eigenvalue weighted by Crippen LogP contribution is 2.57. The summed E-state index contributed by atoms with van der Waals surface area (Å²) in [6.45, 7) is 10.2. The van der Waals surface area contributed by atoms with Crippen LogP contribution in [0.4, 0.5) is 4.79 Å². The number of hydrogen-bond donors (Lipinski definition) is 2. The number of hydrogen-bond acceptors (Lipinski definition) is 3. The first-order valence-electron chi connectivity index (χ1n) is 7.86. The van der Waals surface area contributed by atoms with Crippen LogP contribution in [0, 0.1) is 17.3 Å². The Labute approximate surface area is 122 Å². The lowest BCUT2D eigenvalue weighted by molar-refractivity contribution is 0.0484. The number of carbonyl (C=O) groups excluding carboxylic acids is 1. The van der Waals surface area contributed by atoms with E-state index < -0.39 is 5.60 Å². The number of amides is 1. The topological polar surface area (TPSA) is 64.3 Å². The minimum Gasteiger partial charge on any atom is -0.444 e. The van der Waals surface area contributed by atoms with Crippen molar-refractivity contribution in [2.75, 3.05) is 0 Å². The quantitative estimate of drug-likeness (QED) is 0.818. The predicted molar refractivity (Wildman–Crippen MR) is 80.4 cm³/mol. The highest BCUT2D eigenvalue weighted by Gasteiger charge is 2.58. The van der Waals surface area contributed by atoms with Crippen molar-refractivity contribution in [3.8, 4) is 0 Å². The van der Waals surface area contributed by atoms with Crippen LogP contribution in [0.3, 0.4) is 0 Å². The van der Waals surface area contributed by atoms with Crippen LogP contribution in [0.25, 0.3) is 0 Å². The molecule has 0 saturated heterocycles. The molecule has 2 rings (SSSR count). The summed E-state index contributed by atoms with van der Waals surface area (Å²) >= 11 is 0. The van der Waals surface area contributed by atoms with E-state index in [9.17, 15) is 4.79 Å². The molecule has 1 amide bonds. The normalized spacial score (nSPS) is 36.3. The van der Waals surface area contributed by atoms with Gasteiger partial charge in [0, 0.05) is 12.1 Å². The molecule has 4 nitrogen and oxygen atoms in total. The molecule has 0 spiro atoms. The van der Waals surface area contributed by atoms with Crippen molar-refractivity contribution in [2.24, 2.45) is 23.0 Å². The number of rotatable bonds is 2. The van der Waals surface area contributed by atoms with Crippen LogP contribution >= 0.6 is 0 Å². The first-order chi connectivity index (χ1) is 9.11. The third-order valence-corrected chi connectivity index (χ3v) is 5.00. The Balaban J connectivity index is 1.74. The fraction of sp³-hybridized carbons (Fsp3) is 0.938. The van der Waals surface area contributed by atoms with Crippen LogP contribution in [0.15, 0.2) is 0 Å². The molecule has 0 aromatic carbocycles. The second-order valence-electron chi connectivity index (χ2n) is 8.13. The summed E-state index contributed by atoms with van der Waals surface area (Å²) in [5.74, 6) is 1.40. The lowest BCUT2D eigenvalue weighted by atomic mass is 9.81. The molecule has 2 fully saturated rings. The van der Waals surface area contributed by atoms with E-state index >= 15 is 0 Å². The van der Waals surface area contributed by atoms with E-state index in [0.717, 1.165) is 18.8 Å². The summed E-state index contributed by atoms with van der Waals surface area (Å²) in [6, 6.07) is 0.627. The van der Waals surface area contributed by atoms with Crippen molar-refractivity contribution in [2.45, 2.75) is 78.0 Å². The Morgan fingerprint density at radius 1 is 1.20 bits per heavy atom. The first-order valence-corrected chi connectivity index (χ1v) is 7.86. The van der Waals surface area contributed by atoms with E-state index in [1.165, 1.54) is 12.8 Å². The molecular formula is C16H30N2O2. The second-order valence-corrected chi connectivity index (χ2v) is 8.13. The van der Waals surface area contributed by atoms with Crippen molar-refractivity contribution >= 4 is 6.09 Å². The molecule has 0 radical (unpaired) electrons. The molecule has 116 valence electrons. The number of carbonyl (C=O) groups is 1. The van der Waals surface area contributed by atoms with Gasteiger partial charge in [-0.2, -0.15) is 0 Å². The van der Waals surface area contributed by atoms with Gasteiger partial charge in [-0.15, -0.1) is 0 Å². The number of nitrogens with one attached hydrogen (secondary N) is 1. The Morgan fingerprint density at radius 3 is 2.10 bits per heavy atom. The van der Waals surface area contributed by atoms with Crippen LogP contribution in [0.2, 0.25) is 0 Å². The maximum Gasteiger partial charge on any atom is 0.407 e.